The lowest BCUT2D eigenvalue weighted by Gasteiger charge is -2.04. The van der Waals surface area contributed by atoms with E-state index in [1.165, 1.54) is 25.7 Å². The number of halogens is 1. The normalized spacial score (nSPS) is 29.6. The molecule has 1 saturated carbocycles. The van der Waals surface area contributed by atoms with Gasteiger partial charge in [-0.2, -0.15) is 0 Å². The molecule has 11 heavy (non-hydrogen) atoms. The maximum Gasteiger partial charge on any atom is 0.0148 e. The highest BCUT2D eigenvalue weighted by atomic mass is 79.9. The van der Waals surface area contributed by atoms with Gasteiger partial charge >= 0.3 is 0 Å². The Morgan fingerprint density at radius 3 is 2.82 bits per heavy atom. The van der Waals surface area contributed by atoms with E-state index in [0.29, 0.717) is 0 Å². The van der Waals surface area contributed by atoms with Gasteiger partial charge in [-0.3, -0.25) is 0 Å². The molecule has 62 valence electrons. The van der Waals surface area contributed by atoms with Crippen molar-refractivity contribution >= 4 is 15.9 Å². The Morgan fingerprint density at radius 1 is 1.45 bits per heavy atom. The van der Waals surface area contributed by atoms with Crippen molar-refractivity contribution in [3.05, 3.63) is 0 Å². The maximum atomic E-state index is 3.65. The second-order valence-corrected chi connectivity index (χ2v) is 4.54. The predicted octanol–water partition coefficient (Wildman–Crippen LogP) is 3.35. The molecule has 2 unspecified atom stereocenters. The summed E-state index contributed by atoms with van der Waals surface area (Å²) in [6, 6.07) is 0. The molecule has 1 aliphatic rings. The lowest BCUT2D eigenvalue weighted by molar-refractivity contribution is 0.514. The van der Waals surface area contributed by atoms with Gasteiger partial charge in [0.1, 0.15) is 0 Å². The molecule has 0 nitrogen and oxygen atoms in total. The van der Waals surface area contributed by atoms with Gasteiger partial charge in [0.2, 0.25) is 0 Å². The quantitative estimate of drug-likeness (QED) is 0.489. The zero-order valence-electron chi connectivity index (χ0n) is 7.07. The highest BCUT2D eigenvalue weighted by Gasteiger charge is 2.21. The number of rotatable bonds is 2. The summed E-state index contributed by atoms with van der Waals surface area (Å²) in [5.41, 5.74) is 0. The minimum absolute atomic E-state index is 0.794. The minimum Gasteiger partial charge on any atom is -0.107 e. The van der Waals surface area contributed by atoms with Crippen LogP contribution in [0.3, 0.4) is 0 Å². The van der Waals surface area contributed by atoms with Gasteiger partial charge in [-0.1, -0.05) is 15.9 Å². The Kier molecular flexibility index (Phi) is 4.01. The van der Waals surface area contributed by atoms with Gasteiger partial charge in [0.15, 0.2) is 0 Å². The Morgan fingerprint density at radius 2 is 2.27 bits per heavy atom. The van der Waals surface area contributed by atoms with Crippen LogP contribution in [-0.2, 0) is 0 Å². The molecule has 0 amide bonds. The molecule has 1 rings (SSSR count). The van der Waals surface area contributed by atoms with E-state index < -0.39 is 0 Å². The first kappa shape index (κ1) is 9.13. The van der Waals surface area contributed by atoms with Crippen molar-refractivity contribution in [1.82, 2.24) is 0 Å². The zero-order chi connectivity index (χ0) is 8.10. The van der Waals surface area contributed by atoms with E-state index in [9.17, 15) is 0 Å². The number of alkyl halides is 1. The Bertz CT molecular complexity index is 163. The van der Waals surface area contributed by atoms with Crippen LogP contribution in [0.2, 0.25) is 0 Å². The molecule has 0 spiro atoms. The third-order valence-corrected chi connectivity index (χ3v) is 3.16. The molecule has 0 radical (unpaired) electrons. The predicted molar refractivity (Wildman–Crippen MR) is 52.7 cm³/mol. The van der Waals surface area contributed by atoms with E-state index in [1.54, 1.807) is 0 Å². The molecule has 0 saturated heterocycles. The van der Waals surface area contributed by atoms with Gasteiger partial charge in [0.05, 0.1) is 0 Å². The van der Waals surface area contributed by atoms with Crippen molar-refractivity contribution in [2.24, 2.45) is 5.92 Å². The standard InChI is InChI=1S/C10H15Br/c1-2-3-4-5-9-6-7-10(11)8-9/h9-10H,4-8H2,1H3. The third kappa shape index (κ3) is 3.29. The highest BCUT2D eigenvalue weighted by Crippen LogP contribution is 2.33. The highest BCUT2D eigenvalue weighted by molar-refractivity contribution is 9.09. The second-order valence-electron chi connectivity index (χ2n) is 3.24. The smallest absolute Gasteiger partial charge is 0.0148 e. The third-order valence-electron chi connectivity index (χ3n) is 2.33. The first-order valence-electron chi connectivity index (χ1n) is 4.36. The van der Waals surface area contributed by atoms with Crippen molar-refractivity contribution in [2.45, 2.75) is 43.9 Å². The minimum atomic E-state index is 0.794. The summed E-state index contributed by atoms with van der Waals surface area (Å²) >= 11 is 3.65. The molecular weight excluding hydrogens is 200 g/mol. The van der Waals surface area contributed by atoms with Crippen LogP contribution in [0.15, 0.2) is 0 Å². The van der Waals surface area contributed by atoms with Gasteiger partial charge in [-0.25, -0.2) is 0 Å². The first-order chi connectivity index (χ1) is 5.33. The summed E-state index contributed by atoms with van der Waals surface area (Å²) in [5.74, 6) is 7.01. The van der Waals surface area contributed by atoms with Crippen LogP contribution in [0.1, 0.15) is 39.0 Å². The van der Waals surface area contributed by atoms with Crippen LogP contribution in [0.5, 0.6) is 0 Å². The lowest BCUT2D eigenvalue weighted by Crippen LogP contribution is -1.94. The van der Waals surface area contributed by atoms with E-state index in [-0.39, 0.29) is 0 Å². The van der Waals surface area contributed by atoms with Crippen LogP contribution in [-0.4, -0.2) is 4.83 Å². The summed E-state index contributed by atoms with van der Waals surface area (Å²) in [5, 5.41) is 0. The van der Waals surface area contributed by atoms with Crippen LogP contribution < -0.4 is 0 Å². The molecule has 0 N–H and O–H groups in total. The molecule has 0 aromatic heterocycles. The van der Waals surface area contributed by atoms with E-state index in [4.69, 9.17) is 0 Å². The largest absolute Gasteiger partial charge is 0.107 e. The van der Waals surface area contributed by atoms with Crippen molar-refractivity contribution < 1.29 is 0 Å². The fraction of sp³-hybridized carbons (Fsp3) is 0.800. The molecule has 1 aliphatic carbocycles. The average Bonchev–Trinajstić information content (AvgIpc) is 2.37. The monoisotopic (exact) mass is 214 g/mol. The van der Waals surface area contributed by atoms with Gasteiger partial charge < -0.3 is 0 Å². The number of hydrogen-bond acceptors (Lipinski definition) is 0. The SMILES string of the molecule is CC#CCCC1CCC(Br)C1. The molecule has 1 heteroatoms. The molecule has 1 fully saturated rings. The van der Waals surface area contributed by atoms with Crippen LogP contribution in [0, 0.1) is 17.8 Å². The Hall–Kier alpha value is 0.0400. The van der Waals surface area contributed by atoms with E-state index in [2.05, 4.69) is 27.8 Å². The van der Waals surface area contributed by atoms with Gasteiger partial charge in [-0.05, 0) is 38.5 Å². The van der Waals surface area contributed by atoms with Crippen molar-refractivity contribution in [2.75, 3.05) is 0 Å². The molecule has 0 aliphatic heterocycles. The van der Waals surface area contributed by atoms with Crippen LogP contribution in [0.25, 0.3) is 0 Å². The van der Waals surface area contributed by atoms with Crippen molar-refractivity contribution in [1.29, 1.82) is 0 Å². The Balaban J connectivity index is 2.11. The van der Waals surface area contributed by atoms with Crippen molar-refractivity contribution in [3.63, 3.8) is 0 Å². The summed E-state index contributed by atoms with van der Waals surface area (Å²) in [7, 11) is 0. The van der Waals surface area contributed by atoms with E-state index >= 15 is 0 Å². The molecule has 0 aromatic rings. The fourth-order valence-electron chi connectivity index (χ4n) is 1.68. The second kappa shape index (κ2) is 4.83. The summed E-state index contributed by atoms with van der Waals surface area (Å²) < 4.78 is 0. The van der Waals surface area contributed by atoms with E-state index in [0.717, 1.165) is 17.2 Å². The molecular formula is C10H15Br. The molecule has 0 bridgehead atoms. The fourth-order valence-corrected chi connectivity index (χ4v) is 2.47. The van der Waals surface area contributed by atoms with Gasteiger partial charge in [-0.15, -0.1) is 11.8 Å². The maximum absolute atomic E-state index is 3.65. The van der Waals surface area contributed by atoms with Crippen LogP contribution in [0.4, 0.5) is 0 Å². The molecule has 2 atom stereocenters. The first-order valence-corrected chi connectivity index (χ1v) is 5.28. The van der Waals surface area contributed by atoms with E-state index in [1.807, 2.05) is 6.92 Å². The topological polar surface area (TPSA) is 0 Å². The van der Waals surface area contributed by atoms with Gasteiger partial charge in [0, 0.05) is 11.2 Å². The molecule has 0 aromatic carbocycles. The summed E-state index contributed by atoms with van der Waals surface area (Å²) in [6.45, 7) is 1.92. The van der Waals surface area contributed by atoms with Crippen LogP contribution >= 0.6 is 15.9 Å². The molecule has 0 heterocycles. The summed E-state index contributed by atoms with van der Waals surface area (Å²) in [4.78, 5) is 0.794. The zero-order valence-corrected chi connectivity index (χ0v) is 8.65. The Labute approximate surface area is 77.9 Å². The summed E-state index contributed by atoms with van der Waals surface area (Å²) in [6.07, 6.45) is 6.54. The lowest BCUT2D eigenvalue weighted by atomic mass is 10.0. The van der Waals surface area contributed by atoms with Crippen molar-refractivity contribution in [3.8, 4) is 11.8 Å². The number of hydrogen-bond donors (Lipinski definition) is 0. The van der Waals surface area contributed by atoms with Gasteiger partial charge in [0.25, 0.3) is 0 Å². The average molecular weight is 215 g/mol.